The predicted molar refractivity (Wildman–Crippen MR) is 347 cm³/mol. The highest BCUT2D eigenvalue weighted by molar-refractivity contribution is 5.76. The summed E-state index contributed by atoms with van der Waals surface area (Å²) >= 11 is 0. The molecule has 6 nitrogen and oxygen atoms in total. The minimum absolute atomic E-state index is 0.0103. The fourth-order valence-corrected chi connectivity index (χ4v) is 11.5. The summed E-state index contributed by atoms with van der Waals surface area (Å²) in [5.74, 6) is -0.0195. The van der Waals surface area contributed by atoms with E-state index in [0.717, 1.165) is 51.4 Å². The van der Waals surface area contributed by atoms with Crippen LogP contribution in [0, 0.1) is 0 Å². The van der Waals surface area contributed by atoms with Gasteiger partial charge in [-0.3, -0.25) is 9.59 Å². The summed E-state index contributed by atoms with van der Waals surface area (Å²) in [6.45, 7) is 4.94. The zero-order chi connectivity index (χ0) is 57.1. The van der Waals surface area contributed by atoms with E-state index in [2.05, 4.69) is 43.5 Å². The van der Waals surface area contributed by atoms with Crippen molar-refractivity contribution in [3.63, 3.8) is 0 Å². The maximum Gasteiger partial charge on any atom is 0.305 e. The first kappa shape index (κ1) is 77.3. The van der Waals surface area contributed by atoms with Crippen molar-refractivity contribution in [3.05, 3.63) is 24.3 Å². The molecule has 0 aliphatic rings. The molecule has 468 valence electrons. The van der Waals surface area contributed by atoms with E-state index in [1.807, 2.05) is 0 Å². The Hall–Kier alpha value is -1.66. The Morgan fingerprint density at radius 1 is 0.354 bits per heavy atom. The number of carbonyl (C=O) groups excluding carboxylic acids is 2. The minimum Gasteiger partial charge on any atom is -0.466 e. The molecule has 0 spiro atoms. The van der Waals surface area contributed by atoms with Crippen molar-refractivity contribution < 1.29 is 24.5 Å². The van der Waals surface area contributed by atoms with Crippen LogP contribution in [0.25, 0.3) is 0 Å². The van der Waals surface area contributed by atoms with E-state index >= 15 is 0 Å². The van der Waals surface area contributed by atoms with Gasteiger partial charge in [-0.25, -0.2) is 0 Å². The number of rotatable bonds is 68. The van der Waals surface area contributed by atoms with Gasteiger partial charge in [0.15, 0.2) is 0 Å². The van der Waals surface area contributed by atoms with Gasteiger partial charge in [0.1, 0.15) is 0 Å². The number of nitrogens with one attached hydrogen (secondary N) is 1. The van der Waals surface area contributed by atoms with Crippen molar-refractivity contribution in [1.29, 1.82) is 0 Å². The Bertz CT molecular complexity index is 1230. The number of aliphatic hydroxyl groups is 2. The van der Waals surface area contributed by atoms with Crippen molar-refractivity contribution in [2.24, 2.45) is 0 Å². The molecule has 0 aliphatic heterocycles. The zero-order valence-electron chi connectivity index (χ0n) is 53.6. The van der Waals surface area contributed by atoms with E-state index < -0.39 is 12.1 Å². The lowest BCUT2D eigenvalue weighted by molar-refractivity contribution is -0.143. The molecule has 0 aromatic rings. The van der Waals surface area contributed by atoms with Crippen LogP contribution < -0.4 is 5.32 Å². The molecule has 0 fully saturated rings. The number of amides is 1. The van der Waals surface area contributed by atoms with Gasteiger partial charge in [-0.15, -0.1) is 0 Å². The van der Waals surface area contributed by atoms with E-state index in [4.69, 9.17) is 4.74 Å². The third kappa shape index (κ3) is 65.4. The van der Waals surface area contributed by atoms with E-state index in [0.29, 0.717) is 25.9 Å². The smallest absolute Gasteiger partial charge is 0.305 e. The lowest BCUT2D eigenvalue weighted by Crippen LogP contribution is -2.45. The molecule has 0 aromatic heterocycles. The van der Waals surface area contributed by atoms with Crippen molar-refractivity contribution in [3.8, 4) is 0 Å². The molecule has 3 N–H and O–H groups in total. The first-order valence-electron chi connectivity index (χ1n) is 36.1. The number of hydrogen-bond acceptors (Lipinski definition) is 5. The molecule has 0 heterocycles. The molecule has 0 saturated heterocycles. The van der Waals surface area contributed by atoms with Gasteiger partial charge in [0.05, 0.1) is 25.4 Å². The second-order valence-corrected chi connectivity index (χ2v) is 24.9. The summed E-state index contributed by atoms with van der Waals surface area (Å²) in [5, 5.41) is 23.2. The third-order valence-electron chi connectivity index (χ3n) is 17.0. The molecule has 0 bridgehead atoms. The molecule has 0 aromatic carbocycles. The van der Waals surface area contributed by atoms with Crippen LogP contribution in [0.1, 0.15) is 406 Å². The Kier molecular flexibility index (Phi) is 67.4. The van der Waals surface area contributed by atoms with Gasteiger partial charge >= 0.3 is 5.97 Å². The number of allylic oxidation sites excluding steroid dienone is 4. The normalized spacial score (nSPS) is 12.6. The first-order chi connectivity index (χ1) is 39.0. The van der Waals surface area contributed by atoms with Gasteiger partial charge in [0.25, 0.3) is 0 Å². The van der Waals surface area contributed by atoms with Crippen LogP contribution in [0.2, 0.25) is 0 Å². The highest BCUT2D eigenvalue weighted by Gasteiger charge is 2.20. The SMILES string of the molecule is CCCCCC/C=C\C/C=C\CCCCCCCC(=O)OCCCCCCCCCCCCCCCCCCCCCCCCCCCCCCCCCCCCCCCC(=O)NC(CO)C(O)CCCCCCCCCCC. The molecule has 2 unspecified atom stereocenters. The van der Waals surface area contributed by atoms with Crippen LogP contribution in [-0.2, 0) is 14.3 Å². The van der Waals surface area contributed by atoms with E-state index in [9.17, 15) is 19.8 Å². The topological polar surface area (TPSA) is 95.9 Å². The number of esters is 1. The molecule has 0 saturated carbocycles. The van der Waals surface area contributed by atoms with Crippen LogP contribution in [0.15, 0.2) is 24.3 Å². The molecule has 79 heavy (non-hydrogen) atoms. The Morgan fingerprint density at radius 3 is 0.975 bits per heavy atom. The van der Waals surface area contributed by atoms with Gasteiger partial charge in [-0.1, -0.05) is 359 Å². The number of aliphatic hydroxyl groups excluding tert-OH is 2. The maximum absolute atomic E-state index is 12.4. The second kappa shape index (κ2) is 68.8. The van der Waals surface area contributed by atoms with E-state index in [1.54, 1.807) is 0 Å². The maximum atomic E-state index is 12.4. The second-order valence-electron chi connectivity index (χ2n) is 24.9. The van der Waals surface area contributed by atoms with Gasteiger partial charge in [-0.05, 0) is 57.8 Å². The molecular formula is C73H141NO5. The molecule has 0 rings (SSSR count). The molecule has 0 aliphatic carbocycles. The highest BCUT2D eigenvalue weighted by Crippen LogP contribution is 2.19. The van der Waals surface area contributed by atoms with E-state index in [1.165, 1.54) is 321 Å². The average molecular weight is 1110 g/mol. The standard InChI is InChI=1S/C73H141NO5/c1-3-5-7-9-11-13-14-15-16-41-44-47-51-55-59-63-67-73(78)79-68-64-60-56-52-48-45-42-39-37-35-33-31-29-27-25-23-21-19-17-18-20-22-24-26-28-30-32-34-36-38-40-43-46-50-54-58-62-66-72(77)74-70(69-75)71(76)65-61-57-53-49-12-10-8-6-4-2/h13-14,16,41,70-71,75-76H,3-12,15,17-40,42-69H2,1-2H3,(H,74,77)/b14-13-,41-16-. The quantitative estimate of drug-likeness (QED) is 0.0320. The van der Waals surface area contributed by atoms with Crippen LogP contribution in [0.3, 0.4) is 0 Å². The fraction of sp³-hybridized carbons (Fsp3) is 0.918. The molecule has 1 amide bonds. The number of hydrogen-bond donors (Lipinski definition) is 3. The van der Waals surface area contributed by atoms with Gasteiger partial charge in [0.2, 0.25) is 5.91 Å². The van der Waals surface area contributed by atoms with Gasteiger partial charge in [0, 0.05) is 12.8 Å². The number of carbonyl (C=O) groups is 2. The zero-order valence-corrected chi connectivity index (χ0v) is 53.6. The molecule has 2 atom stereocenters. The lowest BCUT2D eigenvalue weighted by Gasteiger charge is -2.22. The Balaban J connectivity index is 3.27. The summed E-state index contributed by atoms with van der Waals surface area (Å²) in [7, 11) is 0. The van der Waals surface area contributed by atoms with Crippen LogP contribution in [0.5, 0.6) is 0 Å². The summed E-state index contributed by atoms with van der Waals surface area (Å²) in [5.41, 5.74) is 0. The molecule has 0 radical (unpaired) electrons. The highest BCUT2D eigenvalue weighted by atomic mass is 16.5. The third-order valence-corrected chi connectivity index (χ3v) is 17.0. The van der Waals surface area contributed by atoms with Crippen LogP contribution in [0.4, 0.5) is 0 Å². The number of ether oxygens (including phenoxy) is 1. The summed E-state index contributed by atoms with van der Waals surface area (Å²) < 4.78 is 5.50. The van der Waals surface area contributed by atoms with Crippen LogP contribution in [-0.4, -0.2) is 47.4 Å². The molecular weight excluding hydrogens is 971 g/mol. The Morgan fingerprint density at radius 2 is 0.633 bits per heavy atom. The average Bonchev–Trinajstić information content (AvgIpc) is 3.45. The van der Waals surface area contributed by atoms with Crippen molar-refractivity contribution in [2.45, 2.75) is 418 Å². The summed E-state index contributed by atoms with van der Waals surface area (Å²) in [6, 6.07) is -0.534. The Labute approximate surface area is 494 Å². The predicted octanol–water partition coefficient (Wildman–Crippen LogP) is 23.3. The first-order valence-corrected chi connectivity index (χ1v) is 36.1. The van der Waals surface area contributed by atoms with Gasteiger partial charge < -0.3 is 20.3 Å². The number of unbranched alkanes of at least 4 members (excludes halogenated alkanes) is 53. The largest absolute Gasteiger partial charge is 0.466 e. The molecule has 6 heteroatoms. The van der Waals surface area contributed by atoms with Crippen molar-refractivity contribution in [2.75, 3.05) is 13.2 Å². The monoisotopic (exact) mass is 1110 g/mol. The fourth-order valence-electron chi connectivity index (χ4n) is 11.5. The van der Waals surface area contributed by atoms with E-state index in [-0.39, 0.29) is 18.5 Å². The van der Waals surface area contributed by atoms with Gasteiger partial charge in [-0.2, -0.15) is 0 Å². The lowest BCUT2D eigenvalue weighted by atomic mass is 10.0. The van der Waals surface area contributed by atoms with Crippen molar-refractivity contribution >= 4 is 11.9 Å². The minimum atomic E-state index is -0.657. The summed E-state index contributed by atoms with van der Waals surface area (Å²) in [6.07, 6.45) is 87.0. The van der Waals surface area contributed by atoms with Crippen LogP contribution >= 0.6 is 0 Å². The summed E-state index contributed by atoms with van der Waals surface area (Å²) in [4.78, 5) is 24.5. The van der Waals surface area contributed by atoms with Crippen molar-refractivity contribution in [1.82, 2.24) is 5.32 Å².